The van der Waals surface area contributed by atoms with Gasteiger partial charge in [0.2, 0.25) is 0 Å². The van der Waals surface area contributed by atoms with Gasteiger partial charge in [-0.2, -0.15) is 0 Å². The molecule has 0 aliphatic rings. The first kappa shape index (κ1) is 17.8. The van der Waals surface area contributed by atoms with Gasteiger partial charge in [-0.25, -0.2) is 0 Å². The van der Waals surface area contributed by atoms with Gasteiger partial charge in [0.1, 0.15) is 5.75 Å². The second kappa shape index (κ2) is 7.91. The lowest BCUT2D eigenvalue weighted by molar-refractivity contribution is 0.0909. The van der Waals surface area contributed by atoms with E-state index in [9.17, 15) is 4.79 Å². The summed E-state index contributed by atoms with van der Waals surface area (Å²) < 4.78 is 10.5. The summed E-state index contributed by atoms with van der Waals surface area (Å²) in [5.74, 6) is 0.923. The Kier molecular flexibility index (Phi) is 5.42. The predicted molar refractivity (Wildman–Crippen MR) is 102 cm³/mol. The van der Waals surface area contributed by atoms with Crippen LogP contribution in [0.1, 0.15) is 40.1 Å². The summed E-state index contributed by atoms with van der Waals surface area (Å²) in [4.78, 5) is 12.4. The maximum atomic E-state index is 12.4. The summed E-state index contributed by atoms with van der Waals surface area (Å²) in [5.41, 5.74) is 3.46. The zero-order valence-electron chi connectivity index (χ0n) is 15.2. The standard InChI is InChI=1S/C22H23NO3/c1-15-6-8-17(9-7-15)21(18-10-12-19(25-3)13-11-18)16(2)23-22(24)20-5-4-14-26-20/h4-14,16,21H,1-3H3,(H,23,24)/t16-,21-/m1/s1. The summed E-state index contributed by atoms with van der Waals surface area (Å²) in [6, 6.07) is 19.6. The molecule has 1 heterocycles. The van der Waals surface area contributed by atoms with E-state index < -0.39 is 0 Å². The lowest BCUT2D eigenvalue weighted by Crippen LogP contribution is -2.37. The normalized spacial score (nSPS) is 13.0. The van der Waals surface area contributed by atoms with Crippen LogP contribution >= 0.6 is 0 Å². The minimum absolute atomic E-state index is 0.0143. The molecular formula is C22H23NO3. The van der Waals surface area contributed by atoms with Crippen LogP contribution in [0.5, 0.6) is 5.75 Å². The van der Waals surface area contributed by atoms with Crippen molar-refractivity contribution in [3.05, 3.63) is 89.4 Å². The summed E-state index contributed by atoms with van der Waals surface area (Å²) in [7, 11) is 1.65. The number of benzene rings is 2. The molecule has 1 amide bonds. The molecular weight excluding hydrogens is 326 g/mol. The Bertz CT molecular complexity index is 836. The number of furan rings is 1. The monoisotopic (exact) mass is 349 g/mol. The van der Waals surface area contributed by atoms with Crippen molar-refractivity contribution in [3.63, 3.8) is 0 Å². The second-order valence-electron chi connectivity index (χ2n) is 6.40. The highest BCUT2D eigenvalue weighted by molar-refractivity contribution is 5.91. The Morgan fingerprint density at radius 1 is 1.00 bits per heavy atom. The number of hydrogen-bond donors (Lipinski definition) is 1. The van der Waals surface area contributed by atoms with Crippen molar-refractivity contribution in [2.75, 3.05) is 7.11 Å². The van der Waals surface area contributed by atoms with Gasteiger partial charge in [-0.15, -0.1) is 0 Å². The SMILES string of the molecule is COc1ccc([C@@H](c2ccc(C)cc2)[C@@H](C)NC(=O)c2ccco2)cc1. The van der Waals surface area contributed by atoms with Crippen LogP contribution in [0.15, 0.2) is 71.3 Å². The molecule has 4 nitrogen and oxygen atoms in total. The number of carbonyl (C=O) groups is 1. The molecule has 0 unspecified atom stereocenters. The van der Waals surface area contributed by atoms with Crippen molar-refractivity contribution >= 4 is 5.91 Å². The first-order valence-corrected chi connectivity index (χ1v) is 8.63. The van der Waals surface area contributed by atoms with Crippen LogP contribution < -0.4 is 10.1 Å². The molecule has 0 bridgehead atoms. The lowest BCUT2D eigenvalue weighted by Gasteiger charge is -2.26. The van der Waals surface area contributed by atoms with Gasteiger partial charge in [-0.05, 0) is 49.2 Å². The number of methoxy groups -OCH3 is 1. The van der Waals surface area contributed by atoms with E-state index in [2.05, 4.69) is 36.5 Å². The van der Waals surface area contributed by atoms with E-state index in [1.807, 2.05) is 31.2 Å². The third kappa shape index (κ3) is 3.97. The van der Waals surface area contributed by atoms with E-state index in [-0.39, 0.29) is 17.9 Å². The molecule has 3 rings (SSSR count). The molecule has 0 aliphatic carbocycles. The number of amides is 1. The molecule has 0 spiro atoms. The molecule has 1 N–H and O–H groups in total. The average molecular weight is 349 g/mol. The molecule has 4 heteroatoms. The average Bonchev–Trinajstić information content (AvgIpc) is 3.19. The van der Waals surface area contributed by atoms with Crippen LogP contribution in [0.2, 0.25) is 0 Å². The van der Waals surface area contributed by atoms with Gasteiger partial charge < -0.3 is 14.5 Å². The zero-order valence-corrected chi connectivity index (χ0v) is 15.2. The lowest BCUT2D eigenvalue weighted by atomic mass is 9.85. The molecule has 0 fully saturated rings. The van der Waals surface area contributed by atoms with E-state index in [0.717, 1.165) is 16.9 Å². The summed E-state index contributed by atoms with van der Waals surface area (Å²) in [5, 5.41) is 3.06. The second-order valence-corrected chi connectivity index (χ2v) is 6.40. The van der Waals surface area contributed by atoms with Crippen molar-refractivity contribution in [2.45, 2.75) is 25.8 Å². The number of carbonyl (C=O) groups excluding carboxylic acids is 1. The topological polar surface area (TPSA) is 51.5 Å². The van der Waals surface area contributed by atoms with Crippen molar-refractivity contribution in [1.82, 2.24) is 5.32 Å². The van der Waals surface area contributed by atoms with Crippen LogP contribution in [0.4, 0.5) is 0 Å². The highest BCUT2D eigenvalue weighted by Gasteiger charge is 2.24. The van der Waals surface area contributed by atoms with E-state index in [1.54, 1.807) is 19.2 Å². The van der Waals surface area contributed by atoms with E-state index in [1.165, 1.54) is 11.8 Å². The minimum atomic E-state index is -0.215. The van der Waals surface area contributed by atoms with Crippen LogP contribution in [-0.4, -0.2) is 19.1 Å². The molecule has 2 atom stereocenters. The van der Waals surface area contributed by atoms with Gasteiger partial charge in [0, 0.05) is 12.0 Å². The Morgan fingerprint density at radius 2 is 1.62 bits per heavy atom. The molecule has 3 aromatic rings. The van der Waals surface area contributed by atoms with Crippen LogP contribution in [0.25, 0.3) is 0 Å². The summed E-state index contributed by atoms with van der Waals surface area (Å²) >= 11 is 0. The third-order valence-electron chi connectivity index (χ3n) is 4.52. The molecule has 0 aliphatic heterocycles. The fourth-order valence-electron chi connectivity index (χ4n) is 3.12. The van der Waals surface area contributed by atoms with Gasteiger partial charge in [-0.1, -0.05) is 42.0 Å². The summed E-state index contributed by atoms with van der Waals surface area (Å²) in [6.07, 6.45) is 1.50. The molecule has 1 aromatic heterocycles. The van der Waals surface area contributed by atoms with Crippen molar-refractivity contribution in [3.8, 4) is 5.75 Å². The van der Waals surface area contributed by atoms with Crippen LogP contribution in [0.3, 0.4) is 0 Å². The largest absolute Gasteiger partial charge is 0.497 e. The van der Waals surface area contributed by atoms with Gasteiger partial charge in [0.15, 0.2) is 5.76 Å². The molecule has 2 aromatic carbocycles. The van der Waals surface area contributed by atoms with E-state index >= 15 is 0 Å². The molecule has 0 saturated carbocycles. The summed E-state index contributed by atoms with van der Waals surface area (Å²) in [6.45, 7) is 4.07. The van der Waals surface area contributed by atoms with E-state index in [0.29, 0.717) is 5.76 Å². The van der Waals surface area contributed by atoms with Gasteiger partial charge in [-0.3, -0.25) is 4.79 Å². The van der Waals surface area contributed by atoms with Gasteiger partial charge in [0.05, 0.1) is 13.4 Å². The van der Waals surface area contributed by atoms with E-state index in [4.69, 9.17) is 9.15 Å². The Morgan fingerprint density at radius 3 is 2.15 bits per heavy atom. The first-order valence-electron chi connectivity index (χ1n) is 8.63. The van der Waals surface area contributed by atoms with Crippen LogP contribution in [0, 0.1) is 6.92 Å². The molecule has 0 radical (unpaired) electrons. The minimum Gasteiger partial charge on any atom is -0.497 e. The predicted octanol–water partition coefficient (Wildman–Crippen LogP) is 4.55. The number of ether oxygens (including phenoxy) is 1. The van der Waals surface area contributed by atoms with Crippen LogP contribution in [-0.2, 0) is 0 Å². The molecule has 26 heavy (non-hydrogen) atoms. The highest BCUT2D eigenvalue weighted by atomic mass is 16.5. The number of nitrogens with one attached hydrogen (secondary N) is 1. The van der Waals surface area contributed by atoms with Gasteiger partial charge >= 0.3 is 0 Å². The number of rotatable bonds is 6. The third-order valence-corrected chi connectivity index (χ3v) is 4.52. The first-order chi connectivity index (χ1) is 12.6. The van der Waals surface area contributed by atoms with Crippen molar-refractivity contribution in [1.29, 1.82) is 0 Å². The Balaban J connectivity index is 1.90. The Labute approximate surface area is 153 Å². The maximum Gasteiger partial charge on any atom is 0.287 e. The van der Waals surface area contributed by atoms with Crippen molar-refractivity contribution in [2.24, 2.45) is 0 Å². The van der Waals surface area contributed by atoms with Gasteiger partial charge in [0.25, 0.3) is 5.91 Å². The van der Waals surface area contributed by atoms with Crippen molar-refractivity contribution < 1.29 is 13.9 Å². The number of hydrogen-bond acceptors (Lipinski definition) is 3. The molecule has 0 saturated heterocycles. The number of aryl methyl sites for hydroxylation is 1. The quantitative estimate of drug-likeness (QED) is 0.710. The highest BCUT2D eigenvalue weighted by Crippen LogP contribution is 2.30. The zero-order chi connectivity index (χ0) is 18.5. The fraction of sp³-hybridized carbons (Fsp3) is 0.227. The maximum absolute atomic E-state index is 12.4. The smallest absolute Gasteiger partial charge is 0.287 e. The fourth-order valence-corrected chi connectivity index (χ4v) is 3.12. The molecule has 134 valence electrons. The Hall–Kier alpha value is -3.01.